The minimum absolute atomic E-state index is 0.129. The van der Waals surface area contributed by atoms with Crippen LogP contribution in [0, 0.1) is 0 Å². The molecule has 26 heavy (non-hydrogen) atoms. The fraction of sp³-hybridized carbons (Fsp3) is 0.200. The van der Waals surface area contributed by atoms with E-state index in [1.54, 1.807) is 0 Å². The van der Waals surface area contributed by atoms with E-state index < -0.39 is 46.1 Å². The van der Waals surface area contributed by atoms with Crippen molar-refractivity contribution in [3.8, 4) is 5.69 Å². The number of carboxylic acid groups (broad SMARTS) is 2. The predicted molar refractivity (Wildman–Crippen MR) is 83.1 cm³/mol. The number of aromatic carboxylic acids is 2. The van der Waals surface area contributed by atoms with Crippen LogP contribution in [0.15, 0.2) is 23.0 Å². The van der Waals surface area contributed by atoms with Crippen molar-refractivity contribution in [2.24, 2.45) is 0 Å². The maximum Gasteiger partial charge on any atom is 0.416 e. The third kappa shape index (κ3) is 3.40. The van der Waals surface area contributed by atoms with Crippen LogP contribution in [-0.2, 0) is 12.6 Å². The molecule has 0 aliphatic rings. The zero-order valence-electron chi connectivity index (χ0n) is 13.0. The SMILES string of the molecule is CCc1c(C(=O)O)c(=O)c(C(=O)O)nn1-c1cc(C(F)(F)F)ccc1Cl. The van der Waals surface area contributed by atoms with Gasteiger partial charge in [0.1, 0.15) is 5.56 Å². The molecule has 0 saturated heterocycles. The largest absolute Gasteiger partial charge is 0.477 e. The van der Waals surface area contributed by atoms with Gasteiger partial charge in [-0.05, 0) is 24.6 Å². The molecule has 7 nitrogen and oxygen atoms in total. The van der Waals surface area contributed by atoms with E-state index >= 15 is 0 Å². The average molecular weight is 391 g/mol. The van der Waals surface area contributed by atoms with Crippen LogP contribution in [0.4, 0.5) is 13.2 Å². The van der Waals surface area contributed by atoms with Gasteiger partial charge in [0, 0.05) is 0 Å². The third-order valence-corrected chi connectivity index (χ3v) is 3.76. The monoisotopic (exact) mass is 390 g/mol. The van der Waals surface area contributed by atoms with E-state index in [0.29, 0.717) is 16.8 Å². The predicted octanol–water partition coefficient (Wildman–Crippen LogP) is 2.86. The number of halogens is 4. The Balaban J connectivity index is 2.96. The lowest BCUT2D eigenvalue weighted by atomic mass is 10.1. The van der Waals surface area contributed by atoms with Crippen LogP contribution in [0.3, 0.4) is 0 Å². The van der Waals surface area contributed by atoms with E-state index in [9.17, 15) is 32.7 Å². The molecule has 1 aromatic carbocycles. The summed E-state index contributed by atoms with van der Waals surface area (Å²) in [4.78, 5) is 34.7. The first-order valence-corrected chi connectivity index (χ1v) is 7.36. The highest BCUT2D eigenvalue weighted by molar-refractivity contribution is 6.32. The van der Waals surface area contributed by atoms with Crippen LogP contribution < -0.4 is 5.43 Å². The highest BCUT2D eigenvalue weighted by Crippen LogP contribution is 2.33. The van der Waals surface area contributed by atoms with Gasteiger partial charge in [-0.2, -0.15) is 18.3 Å². The van der Waals surface area contributed by atoms with Crippen molar-refractivity contribution < 1.29 is 33.0 Å². The fourth-order valence-corrected chi connectivity index (χ4v) is 2.50. The third-order valence-electron chi connectivity index (χ3n) is 3.44. The minimum Gasteiger partial charge on any atom is -0.477 e. The zero-order chi connectivity index (χ0) is 19.8. The van der Waals surface area contributed by atoms with Crippen molar-refractivity contribution >= 4 is 23.5 Å². The molecule has 0 radical (unpaired) electrons. The van der Waals surface area contributed by atoms with Gasteiger partial charge in [0.25, 0.3) is 0 Å². The molecule has 0 saturated carbocycles. The van der Waals surface area contributed by atoms with E-state index in [-0.39, 0.29) is 17.1 Å². The van der Waals surface area contributed by atoms with Crippen molar-refractivity contribution in [2.45, 2.75) is 19.5 Å². The second-order valence-electron chi connectivity index (χ2n) is 5.04. The fourth-order valence-electron chi connectivity index (χ4n) is 2.30. The van der Waals surface area contributed by atoms with Crippen molar-refractivity contribution in [1.82, 2.24) is 9.78 Å². The summed E-state index contributed by atoms with van der Waals surface area (Å²) in [6.07, 6.45) is -4.85. The Hall–Kier alpha value is -2.88. The normalized spacial score (nSPS) is 11.4. The number of carbonyl (C=O) groups is 2. The van der Waals surface area contributed by atoms with Crippen LogP contribution in [0.25, 0.3) is 5.69 Å². The van der Waals surface area contributed by atoms with E-state index in [2.05, 4.69) is 5.10 Å². The second kappa shape index (κ2) is 6.79. The molecule has 1 heterocycles. The van der Waals surface area contributed by atoms with Gasteiger partial charge >= 0.3 is 18.1 Å². The van der Waals surface area contributed by atoms with Gasteiger partial charge in [0.05, 0.1) is 22.0 Å². The van der Waals surface area contributed by atoms with Gasteiger partial charge in [0.15, 0.2) is 0 Å². The smallest absolute Gasteiger partial charge is 0.416 e. The van der Waals surface area contributed by atoms with Crippen molar-refractivity contribution in [3.05, 3.63) is 56.0 Å². The summed E-state index contributed by atoms with van der Waals surface area (Å²) >= 11 is 5.91. The summed E-state index contributed by atoms with van der Waals surface area (Å²) in [5.41, 5.74) is -5.17. The Morgan fingerprint density at radius 2 is 1.85 bits per heavy atom. The van der Waals surface area contributed by atoms with Crippen LogP contribution in [-0.4, -0.2) is 31.9 Å². The molecule has 0 aliphatic carbocycles. The topological polar surface area (TPSA) is 109 Å². The minimum atomic E-state index is -4.73. The summed E-state index contributed by atoms with van der Waals surface area (Å²) in [5, 5.41) is 21.6. The van der Waals surface area contributed by atoms with Crippen molar-refractivity contribution in [1.29, 1.82) is 0 Å². The Bertz CT molecular complexity index is 969. The summed E-state index contributed by atoms with van der Waals surface area (Å²) in [7, 11) is 0. The maximum absolute atomic E-state index is 13.0. The summed E-state index contributed by atoms with van der Waals surface area (Å²) in [5.74, 6) is -3.55. The number of hydrogen-bond donors (Lipinski definition) is 2. The molecular formula is C15H10ClF3N2O5. The van der Waals surface area contributed by atoms with Crippen molar-refractivity contribution in [2.75, 3.05) is 0 Å². The van der Waals surface area contributed by atoms with Gasteiger partial charge in [0.2, 0.25) is 11.1 Å². The highest BCUT2D eigenvalue weighted by atomic mass is 35.5. The molecule has 0 amide bonds. The quantitative estimate of drug-likeness (QED) is 0.830. The van der Waals surface area contributed by atoms with Gasteiger partial charge in [-0.3, -0.25) is 4.79 Å². The molecule has 2 rings (SSSR count). The first-order valence-electron chi connectivity index (χ1n) is 6.99. The summed E-state index contributed by atoms with van der Waals surface area (Å²) < 4.78 is 39.5. The van der Waals surface area contributed by atoms with Crippen LogP contribution in [0.5, 0.6) is 0 Å². The van der Waals surface area contributed by atoms with Crippen LogP contribution in [0.1, 0.15) is 39.0 Å². The number of nitrogens with zero attached hydrogens (tertiary/aromatic N) is 2. The highest BCUT2D eigenvalue weighted by Gasteiger charge is 2.32. The molecule has 2 N–H and O–H groups in total. The molecule has 0 unspecified atom stereocenters. The zero-order valence-corrected chi connectivity index (χ0v) is 13.7. The Labute approximate surface area is 148 Å². The molecule has 11 heteroatoms. The van der Waals surface area contributed by atoms with Crippen LogP contribution >= 0.6 is 11.6 Å². The first-order chi connectivity index (χ1) is 12.0. The average Bonchev–Trinajstić information content (AvgIpc) is 2.53. The second-order valence-corrected chi connectivity index (χ2v) is 5.45. The molecule has 1 aromatic heterocycles. The molecule has 0 spiro atoms. The lowest BCUT2D eigenvalue weighted by Crippen LogP contribution is -2.31. The number of benzene rings is 1. The maximum atomic E-state index is 13.0. The molecular weight excluding hydrogens is 381 g/mol. The summed E-state index contributed by atoms with van der Waals surface area (Å²) in [6, 6.07) is 2.21. The Morgan fingerprint density at radius 1 is 1.23 bits per heavy atom. The van der Waals surface area contributed by atoms with Crippen molar-refractivity contribution in [3.63, 3.8) is 0 Å². The molecule has 2 aromatic rings. The molecule has 0 aliphatic heterocycles. The molecule has 0 bridgehead atoms. The lowest BCUT2D eigenvalue weighted by molar-refractivity contribution is -0.137. The summed E-state index contributed by atoms with van der Waals surface area (Å²) in [6.45, 7) is 1.43. The number of aromatic nitrogens is 2. The molecule has 0 fully saturated rings. The standard InChI is InChI=1S/C15H10ClF3N2O5/c1-2-8-10(13(23)24)12(22)11(14(25)26)20-21(8)9-5-6(15(17,18)19)3-4-7(9)16/h3-5H,2H2,1H3,(H,23,24)(H,25,26). The number of alkyl halides is 3. The molecule has 138 valence electrons. The number of rotatable bonds is 4. The van der Waals surface area contributed by atoms with Gasteiger partial charge in [-0.1, -0.05) is 18.5 Å². The number of hydrogen-bond acceptors (Lipinski definition) is 4. The van der Waals surface area contributed by atoms with Gasteiger partial charge in [-0.25, -0.2) is 14.3 Å². The van der Waals surface area contributed by atoms with E-state index in [0.717, 1.165) is 6.07 Å². The van der Waals surface area contributed by atoms with Gasteiger partial charge < -0.3 is 10.2 Å². The lowest BCUT2D eigenvalue weighted by Gasteiger charge is -2.17. The number of carboxylic acids is 2. The Kier molecular flexibility index (Phi) is 5.08. The van der Waals surface area contributed by atoms with E-state index in [1.165, 1.54) is 6.92 Å². The van der Waals surface area contributed by atoms with E-state index in [1.807, 2.05) is 0 Å². The molecule has 0 atom stereocenters. The van der Waals surface area contributed by atoms with E-state index in [4.69, 9.17) is 16.7 Å². The van der Waals surface area contributed by atoms with Crippen LogP contribution in [0.2, 0.25) is 5.02 Å². The van der Waals surface area contributed by atoms with Gasteiger partial charge in [-0.15, -0.1) is 0 Å². The Morgan fingerprint density at radius 3 is 2.31 bits per heavy atom. The first kappa shape index (κ1) is 19.4.